The van der Waals surface area contributed by atoms with E-state index in [1.807, 2.05) is 23.9 Å². The average molecular weight is 569 g/mol. The Balaban J connectivity index is 1.00. The van der Waals surface area contributed by atoms with Gasteiger partial charge in [0.15, 0.2) is 5.82 Å². The largest absolute Gasteiger partial charge is 0.368 e. The molecule has 12 heteroatoms. The van der Waals surface area contributed by atoms with Crippen LogP contribution in [0.4, 0.5) is 16.1 Å². The van der Waals surface area contributed by atoms with Crippen LogP contribution in [-0.4, -0.2) is 81.4 Å². The third-order valence-electron chi connectivity index (χ3n) is 6.78. The highest BCUT2D eigenvalue weighted by atomic mass is 32.2. The van der Waals surface area contributed by atoms with Crippen LogP contribution < -0.4 is 15.5 Å². The Morgan fingerprint density at radius 1 is 1.08 bits per heavy atom. The number of hydrogen-bond donors (Lipinski definition) is 2. The molecule has 39 heavy (non-hydrogen) atoms. The van der Waals surface area contributed by atoms with Gasteiger partial charge >= 0.3 is 0 Å². The summed E-state index contributed by atoms with van der Waals surface area (Å²) in [5.74, 6) is 0.679. The second-order valence-electron chi connectivity index (χ2n) is 10.2. The van der Waals surface area contributed by atoms with Gasteiger partial charge in [-0.25, -0.2) is 0 Å². The number of piperidine rings is 1. The number of nitrogens with zero attached hydrogens (tertiary/aromatic N) is 6. The maximum Gasteiger partial charge on any atom is 0.252 e. The summed E-state index contributed by atoms with van der Waals surface area (Å²) in [5, 5.41) is 24.4. The van der Waals surface area contributed by atoms with Crippen molar-refractivity contribution in [1.82, 2.24) is 25.3 Å². The summed E-state index contributed by atoms with van der Waals surface area (Å²) < 4.78 is 5.94. The predicted octanol–water partition coefficient (Wildman–Crippen LogP) is 4.14. The molecule has 0 aliphatic carbocycles. The maximum absolute atomic E-state index is 12.5. The summed E-state index contributed by atoms with van der Waals surface area (Å²) in [6, 6.07) is 12.8. The highest BCUT2D eigenvalue weighted by Crippen LogP contribution is 2.28. The highest BCUT2D eigenvalue weighted by molar-refractivity contribution is 8.00. The third kappa shape index (κ3) is 8.10. The Hall–Kier alpha value is -2.80. The van der Waals surface area contributed by atoms with Crippen LogP contribution in [0.2, 0.25) is 0 Å². The molecule has 208 valence electrons. The van der Waals surface area contributed by atoms with Crippen LogP contribution in [-0.2, 0) is 16.1 Å². The monoisotopic (exact) mass is 568 g/mol. The molecule has 2 N–H and O–H groups in total. The average Bonchev–Trinajstić information content (AvgIpc) is 3.59. The van der Waals surface area contributed by atoms with E-state index >= 15 is 0 Å². The molecule has 5 rings (SSSR count). The van der Waals surface area contributed by atoms with E-state index in [0.29, 0.717) is 15.5 Å². The lowest BCUT2D eigenvalue weighted by atomic mass is 10.1. The van der Waals surface area contributed by atoms with E-state index in [4.69, 9.17) is 4.74 Å². The van der Waals surface area contributed by atoms with E-state index in [1.165, 1.54) is 21.8 Å². The van der Waals surface area contributed by atoms with Gasteiger partial charge in [-0.2, -0.15) is 5.10 Å². The summed E-state index contributed by atoms with van der Waals surface area (Å²) in [7, 11) is 0. The number of carbonyl (C=O) groups excluding carboxylic acids is 1. The zero-order valence-corrected chi connectivity index (χ0v) is 24.1. The topological polar surface area (TPSA) is 108 Å². The lowest BCUT2D eigenvalue weighted by molar-refractivity contribution is -0.123. The summed E-state index contributed by atoms with van der Waals surface area (Å²) in [5.41, 5.74) is 1.39. The minimum absolute atomic E-state index is 0.0244. The van der Waals surface area contributed by atoms with Crippen LogP contribution in [0, 0.1) is 0 Å². The maximum atomic E-state index is 12.5. The summed E-state index contributed by atoms with van der Waals surface area (Å²) in [6.07, 6.45) is 4.58. The number of hydrogen-bond acceptors (Lipinski definition) is 11. The summed E-state index contributed by atoms with van der Waals surface area (Å²) >= 11 is 3.26. The molecule has 2 aliphatic heterocycles. The predicted molar refractivity (Wildman–Crippen MR) is 156 cm³/mol. The van der Waals surface area contributed by atoms with Gasteiger partial charge in [0.25, 0.3) is 5.91 Å². The van der Waals surface area contributed by atoms with Crippen LogP contribution in [0.15, 0.2) is 47.5 Å². The number of amides is 1. The fourth-order valence-electron chi connectivity index (χ4n) is 4.88. The fraction of sp³-hybridized carbons (Fsp3) is 0.519. The minimum atomic E-state index is -0.200. The molecule has 0 spiro atoms. The number of thioether (sulfide) groups is 1. The van der Waals surface area contributed by atoms with Crippen molar-refractivity contribution in [2.75, 3.05) is 48.3 Å². The van der Waals surface area contributed by atoms with E-state index in [9.17, 15) is 4.79 Å². The summed E-state index contributed by atoms with van der Waals surface area (Å²) in [4.78, 5) is 18.5. The van der Waals surface area contributed by atoms with Crippen molar-refractivity contribution in [3.05, 3.63) is 48.2 Å². The van der Waals surface area contributed by atoms with Crippen LogP contribution >= 0.6 is 23.1 Å². The van der Waals surface area contributed by atoms with Gasteiger partial charge < -0.3 is 15.0 Å². The van der Waals surface area contributed by atoms with E-state index in [2.05, 4.69) is 78.9 Å². The summed E-state index contributed by atoms with van der Waals surface area (Å²) in [6.45, 7) is 9.09. The molecule has 0 radical (unpaired) electrons. The van der Waals surface area contributed by atoms with E-state index in [0.717, 1.165) is 57.8 Å². The minimum Gasteiger partial charge on any atom is -0.368 e. The van der Waals surface area contributed by atoms with Crippen molar-refractivity contribution < 1.29 is 9.53 Å². The number of likely N-dealkylation sites (tertiary alicyclic amines) is 1. The molecule has 2 aliphatic rings. The zero-order chi connectivity index (χ0) is 27.0. The Kier molecular flexibility index (Phi) is 9.62. The lowest BCUT2D eigenvalue weighted by Crippen LogP contribution is -2.37. The van der Waals surface area contributed by atoms with Gasteiger partial charge in [-0.15, -0.1) is 27.1 Å². The molecule has 0 saturated carbocycles. The van der Waals surface area contributed by atoms with Gasteiger partial charge in [-0.1, -0.05) is 43.4 Å². The first-order valence-electron chi connectivity index (χ1n) is 13.5. The molecule has 2 aromatic heterocycles. The molecule has 2 saturated heterocycles. The smallest absolute Gasteiger partial charge is 0.252 e. The normalized spacial score (nSPS) is 18.5. The number of nitrogens with one attached hydrogen (secondary N) is 2. The number of anilines is 3. The molecule has 4 heterocycles. The Bertz CT molecular complexity index is 1200. The molecule has 2 fully saturated rings. The van der Waals surface area contributed by atoms with Gasteiger partial charge in [0, 0.05) is 55.1 Å². The van der Waals surface area contributed by atoms with Crippen molar-refractivity contribution in [2.24, 2.45) is 0 Å². The van der Waals surface area contributed by atoms with Crippen molar-refractivity contribution in [1.29, 1.82) is 0 Å². The fourth-order valence-corrected chi connectivity index (χ4v) is 6.57. The van der Waals surface area contributed by atoms with Crippen molar-refractivity contribution in [3.8, 4) is 0 Å². The van der Waals surface area contributed by atoms with E-state index in [-0.39, 0.29) is 24.7 Å². The van der Waals surface area contributed by atoms with Crippen LogP contribution in [0.3, 0.4) is 0 Å². The molecule has 1 amide bonds. The highest BCUT2D eigenvalue weighted by Gasteiger charge is 2.25. The van der Waals surface area contributed by atoms with Gasteiger partial charge in [0.2, 0.25) is 10.3 Å². The number of carbonyl (C=O) groups is 1. The van der Waals surface area contributed by atoms with Gasteiger partial charge in [-0.05, 0) is 43.0 Å². The standard InChI is InChI=1S/C27H36N8O2S2/c1-19(2)38-23-7-4-3-6-20(23)16-34-13-10-22(11-14-34)37-18-25(36)30-27-33-32-26(39-27)29-21-9-15-35(17-21)24-8-5-12-28-31-24/h3-8,12,19,21-22H,9-11,13-18H2,1-2H3,(H,29,32)(H,30,33,36)/t21-/m1/s1. The van der Waals surface area contributed by atoms with Crippen molar-refractivity contribution >= 4 is 45.1 Å². The molecule has 3 aromatic rings. The second kappa shape index (κ2) is 13.5. The first-order valence-corrected chi connectivity index (χ1v) is 15.2. The molecule has 1 atom stereocenters. The van der Waals surface area contributed by atoms with Gasteiger partial charge in [0.1, 0.15) is 6.61 Å². The SMILES string of the molecule is CC(C)Sc1ccccc1CN1CCC(OCC(=O)Nc2nnc(N[C@@H]3CCN(c4cccnn4)C3)s2)CC1. The number of benzene rings is 1. The third-order valence-corrected chi connectivity index (χ3v) is 8.68. The van der Waals surface area contributed by atoms with Crippen molar-refractivity contribution in [2.45, 2.75) is 61.9 Å². The first kappa shape index (κ1) is 27.8. The molecule has 0 bridgehead atoms. The van der Waals surface area contributed by atoms with Crippen LogP contribution in [0.25, 0.3) is 0 Å². The Morgan fingerprint density at radius 2 is 1.90 bits per heavy atom. The second-order valence-corrected chi connectivity index (χ2v) is 12.8. The quantitative estimate of drug-likeness (QED) is 0.328. The Labute approximate surface area is 237 Å². The lowest BCUT2D eigenvalue weighted by Gasteiger charge is -2.32. The van der Waals surface area contributed by atoms with Crippen molar-refractivity contribution in [3.63, 3.8) is 0 Å². The molecule has 0 unspecified atom stereocenters. The van der Waals surface area contributed by atoms with E-state index in [1.54, 1.807) is 6.20 Å². The molecular weight excluding hydrogens is 532 g/mol. The van der Waals surface area contributed by atoms with Crippen LogP contribution in [0.1, 0.15) is 38.7 Å². The molecule has 1 aromatic carbocycles. The molecular formula is C27H36N8O2S2. The zero-order valence-electron chi connectivity index (χ0n) is 22.5. The Morgan fingerprint density at radius 3 is 2.69 bits per heavy atom. The molecule has 10 nitrogen and oxygen atoms in total. The number of rotatable bonds is 11. The van der Waals surface area contributed by atoms with Gasteiger partial charge in [-0.3, -0.25) is 15.0 Å². The number of ether oxygens (including phenoxy) is 1. The van der Waals surface area contributed by atoms with Gasteiger partial charge in [0.05, 0.1) is 6.10 Å². The van der Waals surface area contributed by atoms with Crippen LogP contribution in [0.5, 0.6) is 0 Å². The van der Waals surface area contributed by atoms with E-state index < -0.39 is 0 Å². The number of aromatic nitrogens is 4. The first-order chi connectivity index (χ1) is 19.0.